The van der Waals surface area contributed by atoms with E-state index in [-0.39, 0.29) is 29.4 Å². The van der Waals surface area contributed by atoms with Gasteiger partial charge in [0.05, 0.1) is 13.2 Å². The molecule has 26 heavy (non-hydrogen) atoms. The van der Waals surface area contributed by atoms with E-state index >= 15 is 0 Å². The summed E-state index contributed by atoms with van der Waals surface area (Å²) < 4.78 is 5.70. The molecule has 0 saturated heterocycles. The summed E-state index contributed by atoms with van der Waals surface area (Å²) >= 11 is 0. The van der Waals surface area contributed by atoms with Gasteiger partial charge in [-0.3, -0.25) is 4.99 Å². The van der Waals surface area contributed by atoms with Crippen LogP contribution in [0.15, 0.2) is 65.7 Å². The Morgan fingerprint density at radius 2 is 1.65 bits per heavy atom. The van der Waals surface area contributed by atoms with E-state index in [4.69, 9.17) is 4.74 Å². The molecule has 1 saturated carbocycles. The standard InChI is InChI=1S/C21H27N3O.HI/c1-22-20(23-14-15-25-16-18-8-4-2-5-9-18)24-17-21(12-13-21)19-10-6-3-7-11-19;/h2-11H,12-17H2,1H3,(H2,22,23,24);1H. The van der Waals surface area contributed by atoms with Crippen LogP contribution in [0.1, 0.15) is 24.0 Å². The summed E-state index contributed by atoms with van der Waals surface area (Å²) in [5.74, 6) is 0.838. The molecule has 0 unspecified atom stereocenters. The van der Waals surface area contributed by atoms with Gasteiger partial charge >= 0.3 is 0 Å². The van der Waals surface area contributed by atoms with Crippen LogP contribution in [0, 0.1) is 0 Å². The number of nitrogens with one attached hydrogen (secondary N) is 2. The van der Waals surface area contributed by atoms with E-state index in [0.29, 0.717) is 13.2 Å². The second-order valence-electron chi connectivity index (χ2n) is 6.54. The zero-order valence-electron chi connectivity index (χ0n) is 15.3. The number of nitrogens with zero attached hydrogens (tertiary/aromatic N) is 1. The molecule has 0 aliphatic heterocycles. The van der Waals surface area contributed by atoms with Crippen LogP contribution in [-0.4, -0.2) is 32.7 Å². The maximum atomic E-state index is 5.70. The van der Waals surface area contributed by atoms with Gasteiger partial charge in [0.2, 0.25) is 0 Å². The van der Waals surface area contributed by atoms with E-state index in [1.54, 1.807) is 0 Å². The van der Waals surface area contributed by atoms with Gasteiger partial charge in [0.15, 0.2) is 5.96 Å². The van der Waals surface area contributed by atoms with Crippen molar-refractivity contribution in [2.45, 2.75) is 24.9 Å². The van der Waals surface area contributed by atoms with Crippen molar-refractivity contribution in [1.82, 2.24) is 10.6 Å². The van der Waals surface area contributed by atoms with Crippen LogP contribution < -0.4 is 10.6 Å². The molecule has 0 spiro atoms. The van der Waals surface area contributed by atoms with E-state index in [1.165, 1.54) is 24.0 Å². The Balaban J connectivity index is 0.00000243. The third kappa shape index (κ3) is 5.99. The minimum atomic E-state index is 0. The third-order valence-electron chi connectivity index (χ3n) is 4.71. The molecular formula is C21H28IN3O. The lowest BCUT2D eigenvalue weighted by Crippen LogP contribution is -2.42. The van der Waals surface area contributed by atoms with Gasteiger partial charge in [-0.05, 0) is 24.0 Å². The van der Waals surface area contributed by atoms with Crippen LogP contribution in [0.25, 0.3) is 0 Å². The molecule has 140 valence electrons. The summed E-state index contributed by atoms with van der Waals surface area (Å²) in [5.41, 5.74) is 2.90. The molecule has 0 aromatic heterocycles. The summed E-state index contributed by atoms with van der Waals surface area (Å²) in [4.78, 5) is 4.31. The second-order valence-corrected chi connectivity index (χ2v) is 6.54. The van der Waals surface area contributed by atoms with Crippen molar-refractivity contribution in [2.24, 2.45) is 4.99 Å². The molecule has 0 amide bonds. The molecule has 3 rings (SSSR count). The molecule has 0 radical (unpaired) electrons. The number of ether oxygens (including phenoxy) is 1. The van der Waals surface area contributed by atoms with Gasteiger partial charge in [-0.2, -0.15) is 0 Å². The second kappa shape index (κ2) is 10.5. The highest BCUT2D eigenvalue weighted by atomic mass is 127. The lowest BCUT2D eigenvalue weighted by atomic mass is 9.96. The Kier molecular flexibility index (Phi) is 8.38. The van der Waals surface area contributed by atoms with Crippen LogP contribution in [-0.2, 0) is 16.8 Å². The number of aliphatic imine (C=N–C) groups is 1. The summed E-state index contributed by atoms with van der Waals surface area (Å²) in [6.07, 6.45) is 2.47. The topological polar surface area (TPSA) is 45.7 Å². The Morgan fingerprint density at radius 3 is 2.27 bits per heavy atom. The molecular weight excluding hydrogens is 437 g/mol. The average Bonchev–Trinajstić information content (AvgIpc) is 3.47. The largest absolute Gasteiger partial charge is 0.375 e. The predicted octanol–water partition coefficient (Wildman–Crippen LogP) is 3.72. The first-order chi connectivity index (χ1) is 12.3. The van der Waals surface area contributed by atoms with Gasteiger partial charge in [-0.15, -0.1) is 24.0 Å². The monoisotopic (exact) mass is 465 g/mol. The van der Waals surface area contributed by atoms with Crippen molar-refractivity contribution in [2.75, 3.05) is 26.7 Å². The first-order valence-corrected chi connectivity index (χ1v) is 8.94. The molecule has 0 atom stereocenters. The summed E-state index contributed by atoms with van der Waals surface area (Å²) in [5, 5.41) is 6.78. The summed E-state index contributed by atoms with van der Waals surface area (Å²) in [6.45, 7) is 2.96. The van der Waals surface area contributed by atoms with Gasteiger partial charge < -0.3 is 15.4 Å². The zero-order valence-corrected chi connectivity index (χ0v) is 17.6. The van der Waals surface area contributed by atoms with E-state index in [0.717, 1.165) is 19.0 Å². The Labute approximate surface area is 173 Å². The summed E-state index contributed by atoms with van der Waals surface area (Å²) in [6, 6.07) is 21.0. The van der Waals surface area contributed by atoms with Crippen molar-refractivity contribution >= 4 is 29.9 Å². The van der Waals surface area contributed by atoms with Gasteiger partial charge in [-0.1, -0.05) is 60.7 Å². The van der Waals surface area contributed by atoms with Crippen molar-refractivity contribution in [3.63, 3.8) is 0 Å². The van der Waals surface area contributed by atoms with Crippen LogP contribution in [0.5, 0.6) is 0 Å². The highest BCUT2D eigenvalue weighted by Crippen LogP contribution is 2.47. The Bertz CT molecular complexity index is 672. The van der Waals surface area contributed by atoms with E-state index in [9.17, 15) is 0 Å². The van der Waals surface area contributed by atoms with Crippen LogP contribution >= 0.6 is 24.0 Å². The number of hydrogen-bond donors (Lipinski definition) is 2. The summed E-state index contributed by atoms with van der Waals surface area (Å²) in [7, 11) is 1.81. The third-order valence-corrected chi connectivity index (χ3v) is 4.71. The fourth-order valence-electron chi connectivity index (χ4n) is 2.99. The number of rotatable bonds is 8. The van der Waals surface area contributed by atoms with Crippen LogP contribution in [0.2, 0.25) is 0 Å². The molecule has 0 bridgehead atoms. The predicted molar refractivity (Wildman–Crippen MR) is 118 cm³/mol. The molecule has 1 fully saturated rings. The fraction of sp³-hybridized carbons (Fsp3) is 0.381. The molecule has 2 aromatic carbocycles. The first kappa shape index (κ1) is 20.7. The number of halogens is 1. The molecule has 1 aliphatic rings. The van der Waals surface area contributed by atoms with E-state index < -0.39 is 0 Å². The van der Waals surface area contributed by atoms with Crippen molar-refractivity contribution in [3.05, 3.63) is 71.8 Å². The minimum Gasteiger partial charge on any atom is -0.375 e. The van der Waals surface area contributed by atoms with Gasteiger partial charge in [0, 0.05) is 25.6 Å². The van der Waals surface area contributed by atoms with Crippen molar-refractivity contribution in [1.29, 1.82) is 0 Å². The molecule has 2 aromatic rings. The van der Waals surface area contributed by atoms with Crippen molar-refractivity contribution < 1.29 is 4.74 Å². The number of benzene rings is 2. The number of guanidine groups is 1. The quantitative estimate of drug-likeness (QED) is 0.271. The van der Waals surface area contributed by atoms with Gasteiger partial charge in [-0.25, -0.2) is 0 Å². The molecule has 5 heteroatoms. The van der Waals surface area contributed by atoms with E-state index in [1.807, 2.05) is 25.2 Å². The maximum Gasteiger partial charge on any atom is 0.191 e. The SMILES string of the molecule is CN=C(NCCOCc1ccccc1)NCC1(c2ccccc2)CC1.I. The number of hydrogen-bond acceptors (Lipinski definition) is 2. The smallest absolute Gasteiger partial charge is 0.191 e. The Morgan fingerprint density at radius 1 is 1.00 bits per heavy atom. The first-order valence-electron chi connectivity index (χ1n) is 8.94. The Hall–Kier alpha value is -1.60. The van der Waals surface area contributed by atoms with E-state index in [2.05, 4.69) is 58.1 Å². The minimum absolute atomic E-state index is 0. The van der Waals surface area contributed by atoms with Crippen molar-refractivity contribution in [3.8, 4) is 0 Å². The lowest BCUT2D eigenvalue weighted by molar-refractivity contribution is 0.125. The van der Waals surface area contributed by atoms with Crippen LogP contribution in [0.3, 0.4) is 0 Å². The molecule has 1 aliphatic carbocycles. The normalized spacial score (nSPS) is 15.0. The zero-order chi connectivity index (χ0) is 17.4. The van der Waals surface area contributed by atoms with Gasteiger partial charge in [0.25, 0.3) is 0 Å². The highest BCUT2D eigenvalue weighted by molar-refractivity contribution is 14.0. The lowest BCUT2D eigenvalue weighted by Gasteiger charge is -2.19. The van der Waals surface area contributed by atoms with Crippen LogP contribution in [0.4, 0.5) is 0 Å². The van der Waals surface area contributed by atoms with Gasteiger partial charge in [0.1, 0.15) is 0 Å². The fourth-order valence-corrected chi connectivity index (χ4v) is 2.99. The molecule has 4 nitrogen and oxygen atoms in total. The highest BCUT2D eigenvalue weighted by Gasteiger charge is 2.43. The molecule has 2 N–H and O–H groups in total. The average molecular weight is 465 g/mol. The maximum absolute atomic E-state index is 5.70. The molecule has 0 heterocycles.